The summed E-state index contributed by atoms with van der Waals surface area (Å²) in [6, 6.07) is 4.28. The molecule has 0 aromatic carbocycles. The van der Waals surface area contributed by atoms with Gasteiger partial charge in [0.15, 0.2) is 11.5 Å². The first-order chi connectivity index (χ1) is 9.97. The third-order valence-corrected chi connectivity index (χ3v) is 3.23. The average molecular weight is 294 g/mol. The highest BCUT2D eigenvalue weighted by molar-refractivity contribution is 5.41. The second-order valence-electron chi connectivity index (χ2n) is 4.65. The minimum absolute atomic E-state index is 0.0798. The van der Waals surface area contributed by atoms with E-state index < -0.39 is 11.9 Å². The fraction of sp³-hybridized carbons (Fsp3) is 0.333. The van der Waals surface area contributed by atoms with Crippen molar-refractivity contribution in [3.8, 4) is 6.07 Å². The highest BCUT2D eigenvalue weighted by Crippen LogP contribution is 2.29. The molecule has 1 saturated heterocycles. The van der Waals surface area contributed by atoms with Crippen molar-refractivity contribution >= 4 is 5.82 Å². The molecule has 108 valence electrons. The van der Waals surface area contributed by atoms with Crippen molar-refractivity contribution in [2.75, 3.05) is 18.0 Å². The van der Waals surface area contributed by atoms with Crippen molar-refractivity contribution in [1.29, 1.82) is 5.26 Å². The molecule has 0 amide bonds. The summed E-state index contributed by atoms with van der Waals surface area (Å²) in [5, 5.41) is 19.6. The summed E-state index contributed by atoms with van der Waals surface area (Å²) in [7, 11) is 0. The number of hydrogen-bond acceptors (Lipinski definition) is 5. The van der Waals surface area contributed by atoms with Gasteiger partial charge in [-0.15, -0.1) is 10.2 Å². The van der Waals surface area contributed by atoms with Gasteiger partial charge in [-0.1, -0.05) is 0 Å². The molecule has 6 nitrogen and oxygen atoms in total. The van der Waals surface area contributed by atoms with E-state index in [1.165, 1.54) is 12.3 Å². The fourth-order valence-corrected chi connectivity index (χ4v) is 2.05. The van der Waals surface area contributed by atoms with Gasteiger partial charge in [0.25, 0.3) is 0 Å². The monoisotopic (exact) mass is 294 g/mol. The van der Waals surface area contributed by atoms with Crippen LogP contribution >= 0.6 is 0 Å². The third-order valence-electron chi connectivity index (χ3n) is 3.23. The van der Waals surface area contributed by atoms with Gasteiger partial charge in [0.1, 0.15) is 6.07 Å². The standard InChI is InChI=1S/C12H9F3N6/c13-12(14,15)10-1-2-11(19-18-10)20-6-9(7-20)21-5-8(3-16)4-17-21/h1-2,4-5,9H,6-7H2. The molecule has 21 heavy (non-hydrogen) atoms. The number of halogens is 3. The Balaban J connectivity index is 1.65. The molecule has 0 radical (unpaired) electrons. The minimum atomic E-state index is -4.48. The van der Waals surface area contributed by atoms with Gasteiger partial charge in [-0.2, -0.15) is 23.5 Å². The van der Waals surface area contributed by atoms with E-state index in [2.05, 4.69) is 15.3 Å². The van der Waals surface area contributed by atoms with E-state index in [1.807, 2.05) is 6.07 Å². The van der Waals surface area contributed by atoms with Crippen LogP contribution in [0.25, 0.3) is 0 Å². The summed E-state index contributed by atoms with van der Waals surface area (Å²) in [6.45, 7) is 1.12. The maximum Gasteiger partial charge on any atom is 0.435 e. The number of aromatic nitrogens is 4. The van der Waals surface area contributed by atoms with Crippen molar-refractivity contribution in [1.82, 2.24) is 20.0 Å². The van der Waals surface area contributed by atoms with E-state index in [0.29, 0.717) is 24.5 Å². The van der Waals surface area contributed by atoms with Crippen molar-refractivity contribution < 1.29 is 13.2 Å². The Bertz CT molecular complexity index is 678. The normalized spacial score (nSPS) is 15.6. The van der Waals surface area contributed by atoms with Gasteiger partial charge in [0.05, 0.1) is 17.8 Å². The van der Waals surface area contributed by atoms with Crippen molar-refractivity contribution in [2.24, 2.45) is 0 Å². The number of anilines is 1. The molecule has 0 bridgehead atoms. The topological polar surface area (TPSA) is 70.6 Å². The molecule has 3 heterocycles. The van der Waals surface area contributed by atoms with Crippen LogP contribution in [0.4, 0.5) is 19.0 Å². The quantitative estimate of drug-likeness (QED) is 0.841. The molecule has 3 rings (SSSR count). The van der Waals surface area contributed by atoms with Crippen LogP contribution in [0.5, 0.6) is 0 Å². The number of nitrogens with zero attached hydrogens (tertiary/aromatic N) is 6. The lowest BCUT2D eigenvalue weighted by atomic mass is 10.1. The van der Waals surface area contributed by atoms with Gasteiger partial charge < -0.3 is 4.90 Å². The summed E-state index contributed by atoms with van der Waals surface area (Å²) < 4.78 is 38.8. The first-order valence-corrected chi connectivity index (χ1v) is 6.07. The molecule has 0 unspecified atom stereocenters. The van der Waals surface area contributed by atoms with Gasteiger partial charge in [-0.25, -0.2) is 0 Å². The number of rotatable bonds is 2. The van der Waals surface area contributed by atoms with E-state index >= 15 is 0 Å². The van der Waals surface area contributed by atoms with Gasteiger partial charge in [-0.05, 0) is 12.1 Å². The minimum Gasteiger partial charge on any atom is -0.351 e. The smallest absolute Gasteiger partial charge is 0.351 e. The molecule has 0 aliphatic carbocycles. The van der Waals surface area contributed by atoms with Crippen LogP contribution in [0.2, 0.25) is 0 Å². The second kappa shape index (κ2) is 4.73. The Morgan fingerprint density at radius 1 is 1.24 bits per heavy atom. The van der Waals surface area contributed by atoms with Crippen molar-refractivity contribution in [3.05, 3.63) is 35.8 Å². The highest BCUT2D eigenvalue weighted by atomic mass is 19.4. The number of alkyl halides is 3. The molecular formula is C12H9F3N6. The summed E-state index contributed by atoms with van der Waals surface area (Å²) in [6.07, 6.45) is -1.37. The Morgan fingerprint density at radius 2 is 2.00 bits per heavy atom. The molecule has 0 atom stereocenters. The predicted molar refractivity (Wildman–Crippen MR) is 65.2 cm³/mol. The summed E-state index contributed by atoms with van der Waals surface area (Å²) in [5.74, 6) is 0.395. The number of nitriles is 1. The molecule has 0 spiro atoms. The molecule has 0 saturated carbocycles. The molecule has 0 N–H and O–H groups in total. The van der Waals surface area contributed by atoms with E-state index in [1.54, 1.807) is 15.8 Å². The SMILES string of the molecule is N#Cc1cnn(C2CN(c3ccc(C(F)(F)F)nn3)C2)c1. The molecule has 1 aliphatic rings. The van der Waals surface area contributed by atoms with E-state index in [-0.39, 0.29) is 6.04 Å². The first-order valence-electron chi connectivity index (χ1n) is 6.07. The van der Waals surface area contributed by atoms with Gasteiger partial charge in [0, 0.05) is 19.3 Å². The molecule has 1 aliphatic heterocycles. The van der Waals surface area contributed by atoms with E-state index in [0.717, 1.165) is 6.07 Å². The predicted octanol–water partition coefficient (Wildman–Crippen LogP) is 1.62. The lowest BCUT2D eigenvalue weighted by Crippen LogP contribution is -2.48. The summed E-state index contributed by atoms with van der Waals surface area (Å²) >= 11 is 0. The Morgan fingerprint density at radius 3 is 2.52 bits per heavy atom. The summed E-state index contributed by atoms with van der Waals surface area (Å²) in [5.41, 5.74) is -0.531. The van der Waals surface area contributed by atoms with Crippen LogP contribution < -0.4 is 4.90 Å². The van der Waals surface area contributed by atoms with Crippen LogP contribution in [0.15, 0.2) is 24.5 Å². The Labute approximate surface area is 117 Å². The third kappa shape index (κ3) is 2.52. The Hall–Kier alpha value is -2.63. The van der Waals surface area contributed by atoms with Crippen LogP contribution in [-0.4, -0.2) is 33.1 Å². The second-order valence-corrected chi connectivity index (χ2v) is 4.65. The molecular weight excluding hydrogens is 285 g/mol. The van der Waals surface area contributed by atoms with Gasteiger partial charge >= 0.3 is 6.18 Å². The lowest BCUT2D eigenvalue weighted by molar-refractivity contribution is -0.141. The maximum atomic E-state index is 12.4. The highest BCUT2D eigenvalue weighted by Gasteiger charge is 2.34. The maximum absolute atomic E-state index is 12.4. The largest absolute Gasteiger partial charge is 0.435 e. The molecule has 2 aromatic rings. The molecule has 2 aromatic heterocycles. The van der Waals surface area contributed by atoms with Crippen LogP contribution in [-0.2, 0) is 6.18 Å². The van der Waals surface area contributed by atoms with Crippen molar-refractivity contribution in [3.63, 3.8) is 0 Å². The average Bonchev–Trinajstić information content (AvgIpc) is 2.85. The van der Waals surface area contributed by atoms with Crippen LogP contribution in [0.1, 0.15) is 17.3 Å². The van der Waals surface area contributed by atoms with Crippen molar-refractivity contribution in [2.45, 2.75) is 12.2 Å². The summed E-state index contributed by atoms with van der Waals surface area (Å²) in [4.78, 5) is 1.80. The number of hydrogen-bond donors (Lipinski definition) is 0. The fourth-order valence-electron chi connectivity index (χ4n) is 2.05. The zero-order valence-corrected chi connectivity index (χ0v) is 10.6. The lowest BCUT2D eigenvalue weighted by Gasteiger charge is -2.39. The van der Waals surface area contributed by atoms with Crippen LogP contribution in [0.3, 0.4) is 0 Å². The molecule has 1 fully saturated rings. The zero-order valence-electron chi connectivity index (χ0n) is 10.6. The first kappa shape index (κ1) is 13.4. The van der Waals surface area contributed by atoms with Gasteiger partial charge in [0.2, 0.25) is 0 Å². The van der Waals surface area contributed by atoms with Crippen LogP contribution in [0, 0.1) is 11.3 Å². The van der Waals surface area contributed by atoms with Gasteiger partial charge in [-0.3, -0.25) is 4.68 Å². The van der Waals surface area contributed by atoms with E-state index in [4.69, 9.17) is 5.26 Å². The molecule has 9 heteroatoms. The zero-order chi connectivity index (χ0) is 15.0. The van der Waals surface area contributed by atoms with E-state index in [9.17, 15) is 13.2 Å². The Kier molecular flexibility index (Phi) is 3.01.